The van der Waals surface area contributed by atoms with Crippen LogP contribution in [0.15, 0.2) is 59.8 Å². The zero-order chi connectivity index (χ0) is 21.1. The van der Waals surface area contributed by atoms with Crippen LogP contribution in [0.25, 0.3) is 10.2 Å². The lowest BCUT2D eigenvalue weighted by molar-refractivity contribution is 0.261. The third-order valence-corrected chi connectivity index (χ3v) is 4.78. The summed E-state index contributed by atoms with van der Waals surface area (Å²) in [5.74, 6) is 0.859. The van der Waals surface area contributed by atoms with Crippen molar-refractivity contribution in [1.82, 2.24) is 14.9 Å². The van der Waals surface area contributed by atoms with Gasteiger partial charge in [-0.3, -0.25) is 10.4 Å². The number of hydrogen-bond acceptors (Lipinski definition) is 7. The number of anilines is 1. The normalized spacial score (nSPS) is 11.6. The average molecular weight is 412 g/mol. The Labute approximate surface area is 177 Å². The van der Waals surface area contributed by atoms with Gasteiger partial charge in [0.05, 0.1) is 21.6 Å². The van der Waals surface area contributed by atoms with E-state index in [0.717, 1.165) is 39.0 Å². The quantitative estimate of drug-likeness (QED) is 0.335. The molecule has 0 aliphatic carbocycles. The first kappa shape index (κ1) is 22.5. The molecule has 0 spiro atoms. The molecule has 1 aromatic carbocycles. The Morgan fingerprint density at radius 2 is 2.00 bits per heavy atom. The van der Waals surface area contributed by atoms with Crippen molar-refractivity contribution < 1.29 is 4.74 Å². The molecule has 0 aliphatic rings. The van der Waals surface area contributed by atoms with E-state index in [0.29, 0.717) is 6.61 Å². The van der Waals surface area contributed by atoms with Crippen LogP contribution in [-0.4, -0.2) is 47.8 Å². The van der Waals surface area contributed by atoms with Crippen molar-refractivity contribution in [2.24, 2.45) is 5.10 Å². The SMILES string of the molecule is C/C(=N\Nc1nc2ccc(OCCN(C)C)cc2s1)c1ccccn1.C/C=C\C. The van der Waals surface area contributed by atoms with Gasteiger partial charge in [0.1, 0.15) is 12.4 Å². The molecule has 6 nitrogen and oxygen atoms in total. The number of aromatic nitrogens is 2. The van der Waals surface area contributed by atoms with E-state index < -0.39 is 0 Å². The fraction of sp³-hybridized carbons (Fsp3) is 0.318. The van der Waals surface area contributed by atoms with Gasteiger partial charge in [-0.15, -0.1) is 0 Å². The molecule has 7 heteroatoms. The summed E-state index contributed by atoms with van der Waals surface area (Å²) in [5.41, 5.74) is 5.60. The maximum absolute atomic E-state index is 5.77. The van der Waals surface area contributed by atoms with Crippen LogP contribution in [-0.2, 0) is 0 Å². The second-order valence-electron chi connectivity index (χ2n) is 6.49. The van der Waals surface area contributed by atoms with Gasteiger partial charge >= 0.3 is 0 Å². The molecule has 0 fully saturated rings. The number of rotatable bonds is 7. The van der Waals surface area contributed by atoms with Gasteiger partial charge < -0.3 is 9.64 Å². The van der Waals surface area contributed by atoms with E-state index in [1.165, 1.54) is 0 Å². The second kappa shape index (κ2) is 11.9. The number of pyridine rings is 1. The van der Waals surface area contributed by atoms with E-state index in [9.17, 15) is 0 Å². The highest BCUT2D eigenvalue weighted by Crippen LogP contribution is 2.29. The number of nitrogens with zero attached hydrogens (tertiary/aromatic N) is 4. The van der Waals surface area contributed by atoms with Crippen LogP contribution in [0, 0.1) is 0 Å². The predicted molar refractivity (Wildman–Crippen MR) is 124 cm³/mol. The van der Waals surface area contributed by atoms with Crippen LogP contribution in [0.3, 0.4) is 0 Å². The van der Waals surface area contributed by atoms with Crippen molar-refractivity contribution >= 4 is 32.4 Å². The van der Waals surface area contributed by atoms with Gasteiger partial charge in [0.2, 0.25) is 5.13 Å². The fourth-order valence-electron chi connectivity index (χ4n) is 2.15. The number of nitrogens with one attached hydrogen (secondary N) is 1. The Hall–Kier alpha value is -2.77. The van der Waals surface area contributed by atoms with E-state index in [2.05, 4.69) is 25.4 Å². The van der Waals surface area contributed by atoms with Gasteiger partial charge in [0.25, 0.3) is 0 Å². The average Bonchev–Trinajstić information content (AvgIpc) is 3.15. The Kier molecular flexibility index (Phi) is 9.27. The van der Waals surface area contributed by atoms with Gasteiger partial charge in [-0.25, -0.2) is 4.98 Å². The zero-order valence-electron chi connectivity index (χ0n) is 17.7. The summed E-state index contributed by atoms with van der Waals surface area (Å²) in [7, 11) is 4.06. The molecule has 1 N–H and O–H groups in total. The van der Waals surface area contributed by atoms with Crippen LogP contribution in [0.2, 0.25) is 0 Å². The van der Waals surface area contributed by atoms with Crippen LogP contribution >= 0.6 is 11.3 Å². The molecule has 3 aromatic rings. The molecular formula is C22H29N5OS. The van der Waals surface area contributed by atoms with Gasteiger partial charge in [0.15, 0.2) is 0 Å². The summed E-state index contributed by atoms with van der Waals surface area (Å²) in [6, 6.07) is 11.7. The molecule has 0 unspecified atom stereocenters. The number of likely N-dealkylation sites (N-methyl/N-ethyl adjacent to an activating group) is 1. The Morgan fingerprint density at radius 1 is 1.21 bits per heavy atom. The first-order chi connectivity index (χ1) is 14.0. The first-order valence-corrected chi connectivity index (χ1v) is 10.3. The summed E-state index contributed by atoms with van der Waals surface area (Å²) in [6.07, 6.45) is 5.75. The molecule has 3 rings (SSSR count). The van der Waals surface area contributed by atoms with Crippen molar-refractivity contribution in [3.05, 3.63) is 60.4 Å². The number of fused-ring (bicyclic) bond motifs is 1. The molecule has 0 bridgehead atoms. The van der Waals surface area contributed by atoms with Crippen molar-refractivity contribution in [3.63, 3.8) is 0 Å². The minimum Gasteiger partial charge on any atom is -0.492 e. The van der Waals surface area contributed by atoms with E-state index in [1.807, 2.05) is 83.4 Å². The molecule has 2 heterocycles. The molecule has 0 atom stereocenters. The van der Waals surface area contributed by atoms with Gasteiger partial charge in [-0.05, 0) is 65.2 Å². The molecule has 0 saturated heterocycles. The highest BCUT2D eigenvalue weighted by atomic mass is 32.1. The van der Waals surface area contributed by atoms with E-state index >= 15 is 0 Å². The fourth-order valence-corrected chi connectivity index (χ4v) is 2.99. The summed E-state index contributed by atoms with van der Waals surface area (Å²) in [5, 5.41) is 5.11. The molecular weight excluding hydrogens is 382 g/mol. The van der Waals surface area contributed by atoms with E-state index in [1.54, 1.807) is 17.5 Å². The molecule has 0 saturated carbocycles. The van der Waals surface area contributed by atoms with Gasteiger partial charge in [0, 0.05) is 12.7 Å². The number of ether oxygens (including phenoxy) is 1. The highest BCUT2D eigenvalue weighted by molar-refractivity contribution is 7.22. The minimum absolute atomic E-state index is 0.663. The van der Waals surface area contributed by atoms with Crippen LogP contribution < -0.4 is 10.2 Å². The highest BCUT2D eigenvalue weighted by Gasteiger charge is 2.06. The largest absolute Gasteiger partial charge is 0.492 e. The molecule has 0 radical (unpaired) electrons. The zero-order valence-corrected chi connectivity index (χ0v) is 18.5. The van der Waals surface area contributed by atoms with Crippen LogP contribution in [0.1, 0.15) is 26.5 Å². The van der Waals surface area contributed by atoms with Crippen molar-refractivity contribution in [2.45, 2.75) is 20.8 Å². The van der Waals surface area contributed by atoms with Crippen LogP contribution in [0.4, 0.5) is 5.13 Å². The maximum Gasteiger partial charge on any atom is 0.204 e. The Morgan fingerprint density at radius 3 is 2.66 bits per heavy atom. The third-order valence-electron chi connectivity index (χ3n) is 3.86. The Bertz CT molecular complexity index is 931. The number of allylic oxidation sites excluding steroid dienone is 2. The van der Waals surface area contributed by atoms with Crippen molar-refractivity contribution in [2.75, 3.05) is 32.7 Å². The first-order valence-electron chi connectivity index (χ1n) is 9.50. The number of thiazole rings is 1. The lowest BCUT2D eigenvalue weighted by Crippen LogP contribution is -2.19. The smallest absolute Gasteiger partial charge is 0.204 e. The summed E-state index contributed by atoms with van der Waals surface area (Å²) < 4.78 is 6.84. The molecule has 154 valence electrons. The summed E-state index contributed by atoms with van der Waals surface area (Å²) in [6.45, 7) is 7.46. The van der Waals surface area contributed by atoms with E-state index in [4.69, 9.17) is 4.74 Å². The third kappa shape index (κ3) is 7.63. The molecule has 0 amide bonds. The van der Waals surface area contributed by atoms with Gasteiger partial charge in [-0.1, -0.05) is 29.6 Å². The minimum atomic E-state index is 0.663. The standard InChI is InChI=1S/C18H21N5OS.C4H8/c1-13(15-6-4-5-9-19-15)21-22-18-20-16-8-7-14(12-17(16)25-18)24-11-10-23(2)3;1-3-4-2/h4-9,12H,10-11H2,1-3H3,(H,20,22);3-4H,1-2H3/b21-13+;4-3-. The molecule has 29 heavy (non-hydrogen) atoms. The van der Waals surface area contributed by atoms with Crippen LogP contribution in [0.5, 0.6) is 5.75 Å². The topological polar surface area (TPSA) is 62.6 Å². The summed E-state index contributed by atoms with van der Waals surface area (Å²) in [4.78, 5) is 10.9. The Balaban J connectivity index is 0.000000687. The molecule has 2 aromatic heterocycles. The lowest BCUT2D eigenvalue weighted by Gasteiger charge is -2.10. The van der Waals surface area contributed by atoms with E-state index in [-0.39, 0.29) is 0 Å². The second-order valence-corrected chi connectivity index (χ2v) is 7.52. The summed E-state index contributed by atoms with van der Waals surface area (Å²) >= 11 is 1.55. The number of hydrazone groups is 1. The van der Waals surface area contributed by atoms with Gasteiger partial charge in [-0.2, -0.15) is 5.10 Å². The van der Waals surface area contributed by atoms with Crippen molar-refractivity contribution in [3.8, 4) is 5.75 Å². The van der Waals surface area contributed by atoms with Crippen molar-refractivity contribution in [1.29, 1.82) is 0 Å². The molecule has 0 aliphatic heterocycles. The monoisotopic (exact) mass is 411 g/mol. The maximum atomic E-state index is 5.77. The number of benzene rings is 1. The predicted octanol–water partition coefficient (Wildman–Crippen LogP) is 5.05. The number of hydrogen-bond donors (Lipinski definition) is 1. The lowest BCUT2D eigenvalue weighted by atomic mass is 10.3.